The molecule has 0 saturated heterocycles. The van der Waals surface area contributed by atoms with E-state index < -0.39 is 0 Å². The maximum atomic E-state index is 12.2. The number of benzene rings is 1. The molecular formula is C15H16N4O. The Kier molecular flexibility index (Phi) is 3.85. The van der Waals surface area contributed by atoms with Crippen LogP contribution in [-0.4, -0.2) is 16.1 Å². The number of nitrogens with one attached hydrogen (secondary N) is 2. The lowest BCUT2D eigenvalue weighted by Crippen LogP contribution is -2.27. The Morgan fingerprint density at radius 1 is 1.35 bits per heavy atom. The molecule has 0 saturated carbocycles. The van der Waals surface area contributed by atoms with Crippen LogP contribution in [0.15, 0.2) is 24.3 Å². The molecule has 0 aliphatic heterocycles. The van der Waals surface area contributed by atoms with Gasteiger partial charge in [0.1, 0.15) is 0 Å². The fraction of sp³-hybridized carbons (Fsp3) is 0.267. The number of H-pyrrole nitrogens is 1. The van der Waals surface area contributed by atoms with Crippen molar-refractivity contribution in [3.63, 3.8) is 0 Å². The third kappa shape index (κ3) is 2.69. The first-order valence-corrected chi connectivity index (χ1v) is 6.35. The van der Waals surface area contributed by atoms with Crippen molar-refractivity contribution in [1.82, 2.24) is 15.5 Å². The smallest absolute Gasteiger partial charge is 0.255 e. The Morgan fingerprint density at radius 3 is 2.50 bits per heavy atom. The van der Waals surface area contributed by atoms with Crippen LogP contribution in [0.25, 0.3) is 0 Å². The van der Waals surface area contributed by atoms with Gasteiger partial charge in [0.15, 0.2) is 0 Å². The van der Waals surface area contributed by atoms with Gasteiger partial charge in [-0.25, -0.2) is 0 Å². The van der Waals surface area contributed by atoms with E-state index >= 15 is 0 Å². The van der Waals surface area contributed by atoms with Gasteiger partial charge in [0.05, 0.1) is 28.9 Å². The molecule has 1 amide bonds. The van der Waals surface area contributed by atoms with Crippen molar-refractivity contribution in [1.29, 1.82) is 5.26 Å². The molecule has 0 aliphatic carbocycles. The van der Waals surface area contributed by atoms with Crippen LogP contribution in [0.1, 0.15) is 45.8 Å². The normalized spacial score (nSPS) is 11.7. The number of aromatic nitrogens is 2. The van der Waals surface area contributed by atoms with E-state index in [1.165, 1.54) is 0 Å². The highest BCUT2D eigenvalue weighted by Gasteiger charge is 2.17. The summed E-state index contributed by atoms with van der Waals surface area (Å²) in [6, 6.07) is 9.11. The Bertz CT molecular complexity index is 645. The summed E-state index contributed by atoms with van der Waals surface area (Å²) in [5.74, 6) is -0.148. The summed E-state index contributed by atoms with van der Waals surface area (Å²) in [6.45, 7) is 5.52. The van der Waals surface area contributed by atoms with Crippen molar-refractivity contribution in [2.24, 2.45) is 0 Å². The third-order valence-corrected chi connectivity index (χ3v) is 3.24. The number of carbonyl (C=O) groups excluding carboxylic acids is 1. The molecule has 1 unspecified atom stereocenters. The van der Waals surface area contributed by atoms with Crippen molar-refractivity contribution in [3.05, 3.63) is 52.3 Å². The minimum atomic E-state index is -0.148. The van der Waals surface area contributed by atoms with E-state index in [2.05, 4.69) is 21.6 Å². The highest BCUT2D eigenvalue weighted by atomic mass is 16.1. The Hall–Kier alpha value is -2.61. The minimum absolute atomic E-state index is 0.135. The molecule has 0 aliphatic rings. The van der Waals surface area contributed by atoms with Crippen molar-refractivity contribution < 1.29 is 4.79 Å². The first-order valence-electron chi connectivity index (χ1n) is 6.35. The highest BCUT2D eigenvalue weighted by Crippen LogP contribution is 2.16. The van der Waals surface area contributed by atoms with Gasteiger partial charge in [-0.15, -0.1) is 0 Å². The summed E-state index contributed by atoms with van der Waals surface area (Å²) in [7, 11) is 0. The van der Waals surface area contributed by atoms with Crippen LogP contribution in [0, 0.1) is 25.2 Å². The van der Waals surface area contributed by atoms with Gasteiger partial charge in [0, 0.05) is 5.69 Å². The molecule has 1 heterocycles. The summed E-state index contributed by atoms with van der Waals surface area (Å²) < 4.78 is 0. The van der Waals surface area contributed by atoms with Gasteiger partial charge >= 0.3 is 0 Å². The molecule has 1 aromatic heterocycles. The van der Waals surface area contributed by atoms with E-state index in [0.29, 0.717) is 16.8 Å². The number of carbonyl (C=O) groups is 1. The van der Waals surface area contributed by atoms with E-state index in [4.69, 9.17) is 5.26 Å². The predicted molar refractivity (Wildman–Crippen MR) is 75.1 cm³/mol. The second-order valence-electron chi connectivity index (χ2n) is 4.74. The van der Waals surface area contributed by atoms with Crippen molar-refractivity contribution in [3.8, 4) is 6.07 Å². The first kappa shape index (κ1) is 13.8. The second-order valence-corrected chi connectivity index (χ2v) is 4.74. The molecule has 0 fully saturated rings. The van der Waals surface area contributed by atoms with Crippen LogP contribution >= 0.6 is 0 Å². The van der Waals surface area contributed by atoms with Gasteiger partial charge < -0.3 is 5.32 Å². The molecule has 1 aromatic carbocycles. The van der Waals surface area contributed by atoms with E-state index in [1.807, 2.05) is 26.0 Å². The van der Waals surface area contributed by atoms with Crippen molar-refractivity contribution in [2.45, 2.75) is 26.8 Å². The van der Waals surface area contributed by atoms with Gasteiger partial charge in [0.2, 0.25) is 0 Å². The Balaban J connectivity index is 2.13. The summed E-state index contributed by atoms with van der Waals surface area (Å²) in [5, 5.41) is 18.5. The second kappa shape index (κ2) is 5.57. The number of nitrogens with zero attached hydrogens (tertiary/aromatic N) is 2. The molecular weight excluding hydrogens is 252 g/mol. The lowest BCUT2D eigenvalue weighted by Gasteiger charge is -2.14. The molecule has 1 atom stereocenters. The van der Waals surface area contributed by atoms with Crippen LogP contribution in [0.2, 0.25) is 0 Å². The summed E-state index contributed by atoms with van der Waals surface area (Å²) in [6.07, 6.45) is 0. The number of hydrogen-bond donors (Lipinski definition) is 2. The maximum absolute atomic E-state index is 12.2. The first-order chi connectivity index (χ1) is 9.52. The monoisotopic (exact) mass is 268 g/mol. The van der Waals surface area contributed by atoms with E-state index in [-0.39, 0.29) is 11.9 Å². The number of nitriles is 1. The van der Waals surface area contributed by atoms with Crippen LogP contribution in [-0.2, 0) is 0 Å². The number of amides is 1. The number of aryl methyl sites for hydroxylation is 2. The quantitative estimate of drug-likeness (QED) is 0.896. The summed E-state index contributed by atoms with van der Waals surface area (Å²) >= 11 is 0. The topological polar surface area (TPSA) is 81.6 Å². The summed E-state index contributed by atoms with van der Waals surface area (Å²) in [5.41, 5.74) is 3.59. The molecule has 5 heteroatoms. The fourth-order valence-electron chi connectivity index (χ4n) is 2.08. The Morgan fingerprint density at radius 2 is 2.00 bits per heavy atom. The molecule has 2 rings (SSSR count). The molecule has 102 valence electrons. The maximum Gasteiger partial charge on any atom is 0.255 e. The van der Waals surface area contributed by atoms with Crippen LogP contribution in [0.5, 0.6) is 0 Å². The standard InChI is InChI=1S/C15H16N4O/c1-9(13-6-4-12(8-16)5-7-13)17-15(20)14-10(2)18-19-11(14)3/h4-7,9H,1-3H3,(H,17,20)(H,18,19). The number of aromatic amines is 1. The molecule has 2 N–H and O–H groups in total. The lowest BCUT2D eigenvalue weighted by molar-refractivity contribution is 0.0938. The molecule has 0 bridgehead atoms. The van der Waals surface area contributed by atoms with Gasteiger partial charge in [-0.2, -0.15) is 10.4 Å². The fourth-order valence-corrected chi connectivity index (χ4v) is 2.08. The van der Waals surface area contributed by atoms with Gasteiger partial charge in [-0.1, -0.05) is 12.1 Å². The highest BCUT2D eigenvalue weighted by molar-refractivity contribution is 5.96. The van der Waals surface area contributed by atoms with E-state index in [1.54, 1.807) is 19.1 Å². The predicted octanol–water partition coefficient (Wildman–Crippen LogP) is 2.39. The average molecular weight is 268 g/mol. The van der Waals surface area contributed by atoms with Crippen molar-refractivity contribution >= 4 is 5.91 Å². The molecule has 5 nitrogen and oxygen atoms in total. The van der Waals surface area contributed by atoms with Crippen LogP contribution < -0.4 is 5.32 Å². The number of rotatable bonds is 3. The van der Waals surface area contributed by atoms with E-state index in [9.17, 15) is 4.79 Å². The minimum Gasteiger partial charge on any atom is -0.345 e. The zero-order valence-corrected chi connectivity index (χ0v) is 11.7. The van der Waals surface area contributed by atoms with Gasteiger partial charge in [-0.05, 0) is 38.5 Å². The SMILES string of the molecule is Cc1n[nH]c(C)c1C(=O)NC(C)c1ccc(C#N)cc1. The Labute approximate surface area is 117 Å². The molecule has 2 aromatic rings. The lowest BCUT2D eigenvalue weighted by atomic mass is 10.1. The average Bonchev–Trinajstić information content (AvgIpc) is 2.78. The largest absolute Gasteiger partial charge is 0.345 e. The molecule has 0 radical (unpaired) electrons. The number of hydrogen-bond acceptors (Lipinski definition) is 3. The van der Waals surface area contributed by atoms with Crippen molar-refractivity contribution in [2.75, 3.05) is 0 Å². The van der Waals surface area contributed by atoms with Crippen LogP contribution in [0.3, 0.4) is 0 Å². The van der Waals surface area contributed by atoms with E-state index in [0.717, 1.165) is 11.3 Å². The van der Waals surface area contributed by atoms with Crippen LogP contribution in [0.4, 0.5) is 0 Å². The summed E-state index contributed by atoms with van der Waals surface area (Å²) in [4.78, 5) is 12.2. The third-order valence-electron chi connectivity index (χ3n) is 3.24. The van der Waals surface area contributed by atoms with Gasteiger partial charge in [0.25, 0.3) is 5.91 Å². The molecule has 0 spiro atoms. The zero-order valence-electron chi connectivity index (χ0n) is 11.7. The zero-order chi connectivity index (χ0) is 14.7. The van der Waals surface area contributed by atoms with Gasteiger partial charge in [-0.3, -0.25) is 9.89 Å². The molecule has 20 heavy (non-hydrogen) atoms.